The molecular weight excluding hydrogens is 116 g/mol. The molecule has 0 radical (unpaired) electrons. The molecule has 2 nitrogen and oxygen atoms in total. The Hall–Kier alpha value is 0.686. The first kappa shape index (κ1) is 11.5. The van der Waals surface area contributed by atoms with Crippen molar-refractivity contribution in [2.24, 2.45) is 5.41 Å². The van der Waals surface area contributed by atoms with Crippen molar-refractivity contribution in [3.05, 3.63) is 0 Å². The molecule has 0 saturated carbocycles. The van der Waals surface area contributed by atoms with Gasteiger partial charge < -0.3 is 13.1 Å². The molecule has 0 rings (SSSR count). The van der Waals surface area contributed by atoms with Gasteiger partial charge in [-0.25, -0.2) is 0 Å². The van der Waals surface area contributed by atoms with Gasteiger partial charge in [-0.1, -0.05) is 13.8 Å². The number of aliphatic hydroxyl groups is 2. The molecule has 0 aromatic heterocycles. The van der Waals surface area contributed by atoms with Crippen LogP contribution in [0.15, 0.2) is 0 Å². The first-order valence-electron chi connectivity index (χ1n) is 2.34. The van der Waals surface area contributed by atoms with Crippen molar-refractivity contribution in [2.75, 3.05) is 13.2 Å². The molecule has 8 heavy (non-hydrogen) atoms. The van der Waals surface area contributed by atoms with Crippen LogP contribution in [0.4, 0.5) is 0 Å². The smallest absolute Gasteiger partial charge is 1.00 e. The van der Waals surface area contributed by atoms with Gasteiger partial charge in [0.15, 0.2) is 0 Å². The second-order valence-corrected chi connectivity index (χ2v) is 2.48. The maximum Gasteiger partial charge on any atom is 2.00 e. The molecule has 0 aliphatic carbocycles. The van der Waals surface area contributed by atoms with E-state index in [1.165, 1.54) is 0 Å². The summed E-state index contributed by atoms with van der Waals surface area (Å²) in [6.45, 7) is 3.69. The van der Waals surface area contributed by atoms with E-state index in [0.717, 1.165) is 0 Å². The third kappa shape index (κ3) is 4.84. The van der Waals surface area contributed by atoms with Crippen LogP contribution in [0.1, 0.15) is 16.7 Å². The predicted octanol–water partition coefficient (Wildman–Crippen LogP) is -0.159. The van der Waals surface area contributed by atoms with Crippen LogP contribution in [-0.2, 0) is 0 Å². The Morgan fingerprint density at radius 1 is 1.25 bits per heavy atom. The van der Waals surface area contributed by atoms with Gasteiger partial charge in [0.1, 0.15) is 0 Å². The summed E-state index contributed by atoms with van der Waals surface area (Å²) in [4.78, 5) is 0. The first-order valence-corrected chi connectivity index (χ1v) is 2.34. The van der Waals surface area contributed by atoms with E-state index in [1.54, 1.807) is 13.8 Å². The van der Waals surface area contributed by atoms with Crippen LogP contribution < -0.4 is 0 Å². The molecule has 0 aromatic carbocycles. The van der Waals surface area contributed by atoms with E-state index in [0.29, 0.717) is 0 Å². The Morgan fingerprint density at radius 3 is 1.50 bits per heavy atom. The van der Waals surface area contributed by atoms with Gasteiger partial charge in [0, 0.05) is 5.41 Å². The third-order valence-corrected chi connectivity index (χ3v) is 0.856. The van der Waals surface area contributed by atoms with Gasteiger partial charge in [-0.2, -0.15) is 0 Å². The van der Waals surface area contributed by atoms with E-state index in [1.807, 2.05) is 0 Å². The molecule has 0 spiro atoms. The molecule has 0 unspecified atom stereocenters. The summed E-state index contributed by atoms with van der Waals surface area (Å²) in [7, 11) is 0. The van der Waals surface area contributed by atoms with Crippen molar-refractivity contribution in [3.8, 4) is 0 Å². The van der Waals surface area contributed by atoms with Gasteiger partial charge in [0.05, 0.1) is 13.2 Å². The van der Waals surface area contributed by atoms with E-state index in [4.69, 9.17) is 10.2 Å². The van der Waals surface area contributed by atoms with E-state index in [-0.39, 0.29) is 44.5 Å². The summed E-state index contributed by atoms with van der Waals surface area (Å²) in [6.07, 6.45) is 0. The fourth-order valence-corrected chi connectivity index (χ4v) is 0.0500. The number of aliphatic hydroxyl groups excluding tert-OH is 2. The van der Waals surface area contributed by atoms with Gasteiger partial charge >= 0.3 is 23.1 Å². The maximum atomic E-state index is 8.43. The molecule has 48 valence electrons. The van der Waals surface area contributed by atoms with Crippen LogP contribution in [0.25, 0.3) is 0 Å². The van der Waals surface area contributed by atoms with Crippen molar-refractivity contribution in [3.63, 3.8) is 0 Å². The Labute approximate surface area is 69.0 Å². The SMILES string of the molecule is CC(C)(CO)CO.[H-].[H-].[Mg+2]. The Bertz CT molecular complexity index is 55.6. The molecule has 0 amide bonds. The zero-order valence-electron chi connectivity index (χ0n) is 7.52. The Morgan fingerprint density at radius 2 is 1.50 bits per heavy atom. The minimum atomic E-state index is -0.306. The second-order valence-electron chi connectivity index (χ2n) is 2.48. The summed E-state index contributed by atoms with van der Waals surface area (Å²) in [5.41, 5.74) is -0.306. The molecule has 0 aliphatic heterocycles. The third-order valence-electron chi connectivity index (χ3n) is 0.856. The Balaban J connectivity index is -0.0000000600. The number of hydrogen-bond donors (Lipinski definition) is 2. The quantitative estimate of drug-likeness (QED) is 0.510. The molecule has 0 aromatic rings. The van der Waals surface area contributed by atoms with Gasteiger partial charge in [0.25, 0.3) is 0 Å². The zero-order chi connectivity index (χ0) is 5.91. The van der Waals surface area contributed by atoms with Crippen molar-refractivity contribution in [1.29, 1.82) is 0 Å². The molecule has 0 heterocycles. The summed E-state index contributed by atoms with van der Waals surface area (Å²) < 4.78 is 0. The molecule has 3 heteroatoms. The fourth-order valence-electron chi connectivity index (χ4n) is 0.0500. The summed E-state index contributed by atoms with van der Waals surface area (Å²) >= 11 is 0. The molecular formula is C5H14MgO2. The molecule has 2 N–H and O–H groups in total. The van der Waals surface area contributed by atoms with Crippen LogP contribution in [-0.4, -0.2) is 46.5 Å². The fraction of sp³-hybridized carbons (Fsp3) is 1.00. The predicted molar refractivity (Wildman–Crippen MR) is 35.9 cm³/mol. The van der Waals surface area contributed by atoms with E-state index >= 15 is 0 Å². The molecule has 0 atom stereocenters. The molecule has 0 saturated heterocycles. The summed E-state index contributed by atoms with van der Waals surface area (Å²) in [5, 5.41) is 16.9. The van der Waals surface area contributed by atoms with E-state index in [9.17, 15) is 0 Å². The molecule has 0 aliphatic rings. The van der Waals surface area contributed by atoms with Crippen molar-refractivity contribution in [1.82, 2.24) is 0 Å². The largest absolute Gasteiger partial charge is 2.00 e. The van der Waals surface area contributed by atoms with Gasteiger partial charge in [-0.15, -0.1) is 0 Å². The van der Waals surface area contributed by atoms with Gasteiger partial charge in [-0.3, -0.25) is 0 Å². The molecule has 0 fully saturated rings. The zero-order valence-corrected chi connectivity index (χ0v) is 6.93. The van der Waals surface area contributed by atoms with Crippen LogP contribution in [0.2, 0.25) is 0 Å². The molecule has 0 bridgehead atoms. The topological polar surface area (TPSA) is 40.5 Å². The normalized spacial score (nSPS) is 10.5. The van der Waals surface area contributed by atoms with Crippen LogP contribution in [0.5, 0.6) is 0 Å². The van der Waals surface area contributed by atoms with Crippen LogP contribution in [0.3, 0.4) is 0 Å². The van der Waals surface area contributed by atoms with Crippen LogP contribution >= 0.6 is 0 Å². The average Bonchev–Trinajstić information content (AvgIpc) is 1.68. The minimum Gasteiger partial charge on any atom is -1.00 e. The monoisotopic (exact) mass is 130 g/mol. The van der Waals surface area contributed by atoms with Crippen molar-refractivity contribution >= 4 is 23.1 Å². The maximum absolute atomic E-state index is 8.43. The van der Waals surface area contributed by atoms with Crippen LogP contribution in [0, 0.1) is 5.41 Å². The van der Waals surface area contributed by atoms with E-state index in [2.05, 4.69) is 0 Å². The Kier molecular flexibility index (Phi) is 6.53. The van der Waals surface area contributed by atoms with Gasteiger partial charge in [0.2, 0.25) is 0 Å². The standard InChI is InChI=1S/C5H12O2.Mg.2H/c1-5(2,3-6)4-7;;;/h6-7H,3-4H2,1-2H3;;;/q;+2;2*-1. The average molecular weight is 130 g/mol. The first-order chi connectivity index (χ1) is 3.12. The van der Waals surface area contributed by atoms with Crippen molar-refractivity contribution < 1.29 is 13.1 Å². The summed E-state index contributed by atoms with van der Waals surface area (Å²) in [6, 6.07) is 0. The van der Waals surface area contributed by atoms with E-state index < -0.39 is 0 Å². The van der Waals surface area contributed by atoms with Gasteiger partial charge in [-0.05, 0) is 0 Å². The van der Waals surface area contributed by atoms with Crippen molar-refractivity contribution in [2.45, 2.75) is 13.8 Å². The second kappa shape index (κ2) is 4.55. The minimum absolute atomic E-state index is 0. The summed E-state index contributed by atoms with van der Waals surface area (Å²) in [5.74, 6) is 0. The number of hydrogen-bond acceptors (Lipinski definition) is 2. The number of rotatable bonds is 2.